The van der Waals surface area contributed by atoms with Crippen molar-refractivity contribution in [3.05, 3.63) is 71.6 Å². The number of allylic oxidation sites excluding steroid dienone is 4. The van der Waals surface area contributed by atoms with Crippen molar-refractivity contribution in [3.63, 3.8) is 0 Å². The van der Waals surface area contributed by atoms with Crippen LogP contribution in [-0.4, -0.2) is 19.7 Å². The average molecular weight is 333 g/mol. The van der Waals surface area contributed by atoms with E-state index in [-0.39, 0.29) is 0 Å². The van der Waals surface area contributed by atoms with E-state index in [2.05, 4.69) is 4.98 Å². The first kappa shape index (κ1) is 15.6. The van der Waals surface area contributed by atoms with Crippen LogP contribution in [-0.2, 0) is 9.84 Å². The van der Waals surface area contributed by atoms with E-state index < -0.39 is 26.4 Å². The first-order chi connectivity index (χ1) is 10.9. The molecule has 0 aliphatic heterocycles. The molecule has 0 radical (unpaired) electrons. The third kappa shape index (κ3) is 2.94. The van der Waals surface area contributed by atoms with Crippen molar-refractivity contribution in [3.8, 4) is 0 Å². The molecule has 2 aromatic rings. The highest BCUT2D eigenvalue weighted by Crippen LogP contribution is 2.36. The number of aromatic nitrogens is 1. The molecule has 0 saturated heterocycles. The van der Waals surface area contributed by atoms with Crippen molar-refractivity contribution in [2.75, 3.05) is 6.26 Å². The zero-order valence-electron chi connectivity index (χ0n) is 12.3. The smallest absolute Gasteiger partial charge is 0.181 e. The molecular formula is C17H13F2NO2S. The van der Waals surface area contributed by atoms with Crippen molar-refractivity contribution in [2.24, 2.45) is 0 Å². The van der Waals surface area contributed by atoms with Crippen LogP contribution < -0.4 is 0 Å². The predicted octanol–water partition coefficient (Wildman–Crippen LogP) is 3.63. The van der Waals surface area contributed by atoms with Crippen molar-refractivity contribution < 1.29 is 17.2 Å². The number of pyridine rings is 1. The van der Waals surface area contributed by atoms with E-state index in [1.54, 1.807) is 18.5 Å². The van der Waals surface area contributed by atoms with Gasteiger partial charge in [0.05, 0.1) is 0 Å². The maximum Gasteiger partial charge on any atom is 0.181 e. The van der Waals surface area contributed by atoms with Gasteiger partial charge in [0, 0.05) is 24.2 Å². The predicted molar refractivity (Wildman–Crippen MR) is 84.3 cm³/mol. The second-order valence-corrected chi connectivity index (χ2v) is 7.23. The van der Waals surface area contributed by atoms with Gasteiger partial charge in [0.2, 0.25) is 0 Å². The Bertz CT molecular complexity index is 909. The largest absolute Gasteiger partial charge is 0.264 e. The molecule has 0 unspecified atom stereocenters. The Hall–Kier alpha value is -2.34. The lowest BCUT2D eigenvalue weighted by molar-refractivity contribution is 0.520. The molecule has 6 heteroatoms. The van der Waals surface area contributed by atoms with Crippen LogP contribution in [0, 0.1) is 11.6 Å². The minimum Gasteiger partial charge on any atom is -0.264 e. The van der Waals surface area contributed by atoms with E-state index >= 15 is 0 Å². The van der Waals surface area contributed by atoms with Crippen molar-refractivity contribution >= 4 is 21.0 Å². The van der Waals surface area contributed by atoms with Gasteiger partial charge in [0.1, 0.15) is 16.5 Å². The monoisotopic (exact) mass is 333 g/mol. The number of nitrogens with zero attached hydrogens (tertiary/aromatic N) is 1. The lowest BCUT2D eigenvalue weighted by atomic mass is 9.97. The van der Waals surface area contributed by atoms with Crippen LogP contribution in [0.15, 0.2) is 53.7 Å². The van der Waals surface area contributed by atoms with Gasteiger partial charge < -0.3 is 0 Å². The molecule has 0 fully saturated rings. The van der Waals surface area contributed by atoms with Gasteiger partial charge in [-0.3, -0.25) is 4.98 Å². The van der Waals surface area contributed by atoms with Crippen molar-refractivity contribution in [2.45, 2.75) is 11.3 Å². The van der Waals surface area contributed by atoms with Crippen LogP contribution in [0.5, 0.6) is 0 Å². The minimum absolute atomic E-state index is 0.330. The highest BCUT2D eigenvalue weighted by Gasteiger charge is 2.23. The summed E-state index contributed by atoms with van der Waals surface area (Å²) in [5.74, 6) is -2.15. The number of benzene rings is 1. The zero-order chi connectivity index (χ0) is 16.6. The van der Waals surface area contributed by atoms with Gasteiger partial charge in [-0.1, -0.05) is 18.2 Å². The summed E-state index contributed by atoms with van der Waals surface area (Å²) in [6.07, 6.45) is 8.36. The van der Waals surface area contributed by atoms with E-state index in [9.17, 15) is 17.2 Å². The Kier molecular flexibility index (Phi) is 3.85. The Balaban J connectivity index is 2.16. The second-order valence-electron chi connectivity index (χ2n) is 5.28. The fraction of sp³-hybridized carbons (Fsp3) is 0.118. The van der Waals surface area contributed by atoms with Gasteiger partial charge in [-0.25, -0.2) is 17.2 Å². The van der Waals surface area contributed by atoms with Gasteiger partial charge in [0.15, 0.2) is 9.84 Å². The SMILES string of the molecule is CS(=O)(=O)c1c(F)cc(C2=C(c3cccnc3)C=CC2)cc1F. The summed E-state index contributed by atoms with van der Waals surface area (Å²) in [6, 6.07) is 5.77. The first-order valence-electron chi connectivity index (χ1n) is 6.87. The van der Waals surface area contributed by atoms with Gasteiger partial charge in [0.25, 0.3) is 0 Å². The fourth-order valence-electron chi connectivity index (χ4n) is 2.66. The van der Waals surface area contributed by atoms with Gasteiger partial charge in [-0.15, -0.1) is 0 Å². The molecule has 0 spiro atoms. The van der Waals surface area contributed by atoms with Crippen LogP contribution in [0.25, 0.3) is 11.1 Å². The molecule has 118 valence electrons. The summed E-state index contributed by atoms with van der Waals surface area (Å²) in [7, 11) is -3.96. The molecular weight excluding hydrogens is 320 g/mol. The number of rotatable bonds is 3. The topological polar surface area (TPSA) is 47.0 Å². The van der Waals surface area contributed by atoms with Gasteiger partial charge in [-0.05, 0) is 41.3 Å². The number of hydrogen-bond donors (Lipinski definition) is 0. The van der Waals surface area contributed by atoms with E-state index in [1.165, 1.54) is 0 Å². The molecule has 3 nitrogen and oxygen atoms in total. The minimum atomic E-state index is -3.96. The maximum atomic E-state index is 14.1. The quantitative estimate of drug-likeness (QED) is 0.862. The highest BCUT2D eigenvalue weighted by molar-refractivity contribution is 7.90. The van der Waals surface area contributed by atoms with Gasteiger partial charge >= 0.3 is 0 Å². The Morgan fingerprint density at radius 3 is 2.39 bits per heavy atom. The molecule has 1 heterocycles. The summed E-state index contributed by atoms with van der Waals surface area (Å²) in [6.45, 7) is 0. The molecule has 1 aliphatic carbocycles. The molecule has 3 rings (SSSR count). The Labute approximate surface area is 132 Å². The van der Waals surface area contributed by atoms with Crippen LogP contribution in [0.4, 0.5) is 8.78 Å². The Morgan fingerprint density at radius 1 is 1.13 bits per heavy atom. The lowest BCUT2D eigenvalue weighted by Crippen LogP contribution is -2.05. The normalized spacial score (nSPS) is 14.6. The average Bonchev–Trinajstić information content (AvgIpc) is 2.95. The zero-order valence-corrected chi connectivity index (χ0v) is 13.1. The summed E-state index contributed by atoms with van der Waals surface area (Å²) in [4.78, 5) is 3.15. The molecule has 0 bridgehead atoms. The van der Waals surface area contributed by atoms with Crippen LogP contribution >= 0.6 is 0 Å². The number of sulfone groups is 1. The van der Waals surface area contributed by atoms with E-state index in [0.29, 0.717) is 12.0 Å². The van der Waals surface area contributed by atoms with E-state index in [0.717, 1.165) is 35.1 Å². The summed E-state index contributed by atoms with van der Waals surface area (Å²) in [5, 5.41) is 0. The van der Waals surface area contributed by atoms with Crippen LogP contribution in [0.3, 0.4) is 0 Å². The van der Waals surface area contributed by atoms with Gasteiger partial charge in [-0.2, -0.15) is 0 Å². The van der Waals surface area contributed by atoms with Crippen molar-refractivity contribution in [1.82, 2.24) is 4.98 Å². The molecule has 23 heavy (non-hydrogen) atoms. The third-order valence-electron chi connectivity index (χ3n) is 3.62. The third-order valence-corrected chi connectivity index (χ3v) is 4.75. The molecule has 0 amide bonds. The lowest BCUT2D eigenvalue weighted by Gasteiger charge is -2.10. The Morgan fingerprint density at radius 2 is 1.83 bits per heavy atom. The molecule has 0 N–H and O–H groups in total. The fourth-order valence-corrected chi connectivity index (χ4v) is 3.49. The summed E-state index contributed by atoms with van der Waals surface area (Å²) >= 11 is 0. The van der Waals surface area contributed by atoms with Crippen LogP contribution in [0.1, 0.15) is 17.5 Å². The number of hydrogen-bond acceptors (Lipinski definition) is 3. The summed E-state index contributed by atoms with van der Waals surface area (Å²) < 4.78 is 51.2. The standard InChI is InChI=1S/C17H13F2NO2S/c1-23(21,22)17-15(18)8-12(9-16(17)19)14-6-2-5-13(14)11-4-3-7-20-10-11/h2-5,7-10H,6H2,1H3. The molecule has 0 saturated carbocycles. The molecule has 1 aromatic heterocycles. The molecule has 1 aliphatic rings. The maximum absolute atomic E-state index is 14.1. The summed E-state index contributed by atoms with van der Waals surface area (Å²) in [5.41, 5.74) is 2.72. The van der Waals surface area contributed by atoms with Crippen molar-refractivity contribution in [1.29, 1.82) is 0 Å². The van der Waals surface area contributed by atoms with E-state index in [4.69, 9.17) is 0 Å². The highest BCUT2D eigenvalue weighted by atomic mass is 32.2. The van der Waals surface area contributed by atoms with Crippen LogP contribution in [0.2, 0.25) is 0 Å². The number of halogens is 2. The second kappa shape index (κ2) is 5.70. The molecule has 0 atom stereocenters. The molecule has 1 aromatic carbocycles. The first-order valence-corrected chi connectivity index (χ1v) is 8.76. The van der Waals surface area contributed by atoms with E-state index in [1.807, 2.05) is 18.2 Å².